The van der Waals surface area contributed by atoms with Crippen molar-refractivity contribution < 1.29 is 0 Å². The summed E-state index contributed by atoms with van der Waals surface area (Å²) >= 11 is 0. The third-order valence-corrected chi connectivity index (χ3v) is 3.47. The summed E-state index contributed by atoms with van der Waals surface area (Å²) in [6.07, 6.45) is 8.05. The normalized spacial score (nSPS) is 27.2. The number of rotatable bonds is 4. The molecule has 0 aromatic carbocycles. The van der Waals surface area contributed by atoms with E-state index in [0.717, 1.165) is 12.6 Å². The van der Waals surface area contributed by atoms with Crippen molar-refractivity contribution in [3.63, 3.8) is 0 Å². The fraction of sp³-hybridized carbons (Fsp3) is 1.00. The first-order valence-corrected chi connectivity index (χ1v) is 6.25. The maximum Gasteiger partial charge on any atom is 0.0221 e. The van der Waals surface area contributed by atoms with Crippen LogP contribution < -0.4 is 5.73 Å². The maximum atomic E-state index is 5.86. The Balaban J connectivity index is 2.50. The Labute approximate surface area is 88.8 Å². The SMILES string of the molecule is CCCC(C)N1CCCCCC1CN. The number of hydrogen-bond acceptors (Lipinski definition) is 2. The van der Waals surface area contributed by atoms with Crippen LogP contribution >= 0.6 is 0 Å². The third-order valence-electron chi connectivity index (χ3n) is 3.47. The number of nitrogens with two attached hydrogens (primary N) is 1. The van der Waals surface area contributed by atoms with E-state index in [-0.39, 0.29) is 0 Å². The van der Waals surface area contributed by atoms with E-state index in [0.29, 0.717) is 6.04 Å². The standard InChI is InChI=1S/C12H26N2/c1-3-7-11(2)14-9-6-4-5-8-12(14)10-13/h11-12H,3-10,13H2,1-2H3. The van der Waals surface area contributed by atoms with Crippen LogP contribution in [0.4, 0.5) is 0 Å². The lowest BCUT2D eigenvalue weighted by molar-refractivity contribution is 0.143. The van der Waals surface area contributed by atoms with Crippen molar-refractivity contribution in [2.45, 2.75) is 64.5 Å². The molecule has 0 spiro atoms. The Morgan fingerprint density at radius 1 is 1.36 bits per heavy atom. The van der Waals surface area contributed by atoms with Gasteiger partial charge in [0.05, 0.1) is 0 Å². The molecule has 1 aliphatic heterocycles. The molecule has 0 amide bonds. The van der Waals surface area contributed by atoms with Gasteiger partial charge in [-0.2, -0.15) is 0 Å². The zero-order valence-electron chi connectivity index (χ0n) is 9.84. The summed E-state index contributed by atoms with van der Waals surface area (Å²) in [5.41, 5.74) is 5.86. The van der Waals surface area contributed by atoms with Crippen molar-refractivity contribution in [1.82, 2.24) is 4.90 Å². The van der Waals surface area contributed by atoms with Crippen molar-refractivity contribution in [2.24, 2.45) is 5.73 Å². The molecule has 1 aliphatic rings. The number of nitrogens with zero attached hydrogens (tertiary/aromatic N) is 1. The van der Waals surface area contributed by atoms with Crippen LogP contribution in [0.2, 0.25) is 0 Å². The fourth-order valence-corrected chi connectivity index (χ4v) is 2.62. The molecule has 84 valence electrons. The molecule has 0 saturated carbocycles. The van der Waals surface area contributed by atoms with Crippen molar-refractivity contribution in [3.05, 3.63) is 0 Å². The summed E-state index contributed by atoms with van der Waals surface area (Å²) in [6, 6.07) is 1.38. The van der Waals surface area contributed by atoms with E-state index in [2.05, 4.69) is 18.7 Å². The van der Waals surface area contributed by atoms with Crippen molar-refractivity contribution in [1.29, 1.82) is 0 Å². The molecule has 1 fully saturated rings. The van der Waals surface area contributed by atoms with E-state index in [1.165, 1.54) is 45.1 Å². The molecule has 0 bridgehead atoms. The van der Waals surface area contributed by atoms with Crippen molar-refractivity contribution in [2.75, 3.05) is 13.1 Å². The summed E-state index contributed by atoms with van der Waals surface area (Å²) in [6.45, 7) is 6.74. The highest BCUT2D eigenvalue weighted by Gasteiger charge is 2.23. The highest BCUT2D eigenvalue weighted by atomic mass is 15.2. The molecule has 0 radical (unpaired) electrons. The predicted molar refractivity (Wildman–Crippen MR) is 62.4 cm³/mol. The van der Waals surface area contributed by atoms with E-state index in [1.807, 2.05) is 0 Å². The summed E-state index contributed by atoms with van der Waals surface area (Å²) in [7, 11) is 0. The predicted octanol–water partition coefficient (Wildman–Crippen LogP) is 2.38. The van der Waals surface area contributed by atoms with Crippen LogP contribution in [0.3, 0.4) is 0 Å². The molecule has 2 atom stereocenters. The highest BCUT2D eigenvalue weighted by molar-refractivity contribution is 4.80. The fourth-order valence-electron chi connectivity index (χ4n) is 2.62. The van der Waals surface area contributed by atoms with Crippen LogP contribution in [0.1, 0.15) is 52.4 Å². The van der Waals surface area contributed by atoms with Gasteiger partial charge in [-0.25, -0.2) is 0 Å². The largest absolute Gasteiger partial charge is 0.329 e. The Bertz CT molecular complexity index is 147. The monoisotopic (exact) mass is 198 g/mol. The van der Waals surface area contributed by atoms with Gasteiger partial charge in [0, 0.05) is 18.6 Å². The number of likely N-dealkylation sites (tertiary alicyclic amines) is 1. The summed E-state index contributed by atoms with van der Waals surface area (Å²) in [4.78, 5) is 2.65. The van der Waals surface area contributed by atoms with Crippen molar-refractivity contribution in [3.8, 4) is 0 Å². The van der Waals surface area contributed by atoms with Gasteiger partial charge in [-0.1, -0.05) is 26.2 Å². The molecule has 1 rings (SSSR count). The minimum absolute atomic E-state index is 0.652. The molecule has 2 unspecified atom stereocenters. The summed E-state index contributed by atoms with van der Waals surface area (Å²) in [5.74, 6) is 0. The van der Waals surface area contributed by atoms with Gasteiger partial charge in [0.15, 0.2) is 0 Å². The second kappa shape index (κ2) is 6.41. The van der Waals surface area contributed by atoms with Gasteiger partial charge in [0.25, 0.3) is 0 Å². The molecular formula is C12H26N2. The minimum atomic E-state index is 0.652. The second-order valence-corrected chi connectivity index (χ2v) is 4.61. The number of hydrogen-bond donors (Lipinski definition) is 1. The summed E-state index contributed by atoms with van der Waals surface area (Å²) in [5, 5.41) is 0. The first kappa shape index (κ1) is 12.0. The topological polar surface area (TPSA) is 29.3 Å². The lowest BCUT2D eigenvalue weighted by atomic mass is 10.1. The molecule has 0 aliphatic carbocycles. The molecule has 1 heterocycles. The van der Waals surface area contributed by atoms with Crippen LogP contribution in [-0.2, 0) is 0 Å². The molecule has 14 heavy (non-hydrogen) atoms. The van der Waals surface area contributed by atoms with Crippen LogP contribution in [0.25, 0.3) is 0 Å². The zero-order chi connectivity index (χ0) is 10.4. The Hall–Kier alpha value is -0.0800. The second-order valence-electron chi connectivity index (χ2n) is 4.61. The van der Waals surface area contributed by atoms with Crippen LogP contribution in [-0.4, -0.2) is 30.1 Å². The van der Waals surface area contributed by atoms with Crippen LogP contribution in [0.15, 0.2) is 0 Å². The molecule has 2 heteroatoms. The minimum Gasteiger partial charge on any atom is -0.329 e. The highest BCUT2D eigenvalue weighted by Crippen LogP contribution is 2.20. The van der Waals surface area contributed by atoms with Gasteiger partial charge >= 0.3 is 0 Å². The van der Waals surface area contributed by atoms with Gasteiger partial charge in [-0.15, -0.1) is 0 Å². The average molecular weight is 198 g/mol. The smallest absolute Gasteiger partial charge is 0.0221 e. The van der Waals surface area contributed by atoms with Crippen LogP contribution in [0.5, 0.6) is 0 Å². The first-order valence-electron chi connectivity index (χ1n) is 6.25. The molecule has 0 aromatic heterocycles. The van der Waals surface area contributed by atoms with Gasteiger partial charge in [-0.05, 0) is 32.7 Å². The molecular weight excluding hydrogens is 172 g/mol. The molecule has 2 N–H and O–H groups in total. The lowest BCUT2D eigenvalue weighted by Crippen LogP contribution is -2.45. The van der Waals surface area contributed by atoms with Gasteiger partial charge in [0.2, 0.25) is 0 Å². The van der Waals surface area contributed by atoms with Crippen LogP contribution in [0, 0.1) is 0 Å². The Morgan fingerprint density at radius 2 is 2.14 bits per heavy atom. The quantitative estimate of drug-likeness (QED) is 0.751. The lowest BCUT2D eigenvalue weighted by Gasteiger charge is -2.34. The Kier molecular flexibility index (Phi) is 5.49. The van der Waals surface area contributed by atoms with Gasteiger partial charge in [0.1, 0.15) is 0 Å². The van der Waals surface area contributed by atoms with E-state index in [1.54, 1.807) is 0 Å². The Morgan fingerprint density at radius 3 is 2.79 bits per heavy atom. The van der Waals surface area contributed by atoms with E-state index >= 15 is 0 Å². The first-order chi connectivity index (χ1) is 6.79. The summed E-state index contributed by atoms with van der Waals surface area (Å²) < 4.78 is 0. The molecule has 2 nitrogen and oxygen atoms in total. The van der Waals surface area contributed by atoms with E-state index < -0.39 is 0 Å². The van der Waals surface area contributed by atoms with Gasteiger partial charge in [-0.3, -0.25) is 4.90 Å². The van der Waals surface area contributed by atoms with Gasteiger partial charge < -0.3 is 5.73 Å². The van der Waals surface area contributed by atoms with E-state index in [9.17, 15) is 0 Å². The van der Waals surface area contributed by atoms with E-state index in [4.69, 9.17) is 5.73 Å². The average Bonchev–Trinajstić information content (AvgIpc) is 2.42. The molecule has 0 aromatic rings. The van der Waals surface area contributed by atoms with Crippen molar-refractivity contribution >= 4 is 0 Å². The zero-order valence-corrected chi connectivity index (χ0v) is 9.84. The third kappa shape index (κ3) is 3.25. The molecule has 1 saturated heterocycles. The maximum absolute atomic E-state index is 5.86.